The molecular weight excluding hydrogens is 257 g/mol. The Hall–Kier alpha value is -0.670. The Labute approximate surface area is 98.5 Å². The van der Waals surface area contributed by atoms with Crippen molar-refractivity contribution < 1.29 is 4.39 Å². The largest absolute Gasteiger partial charge is 0.310 e. The van der Waals surface area contributed by atoms with E-state index in [1.807, 2.05) is 12.1 Å². The lowest BCUT2D eigenvalue weighted by molar-refractivity contribution is 0.550. The summed E-state index contributed by atoms with van der Waals surface area (Å²) in [6, 6.07) is 5.54. The maximum absolute atomic E-state index is 13.2. The monoisotopic (exact) mass is 271 g/mol. The molecule has 0 amide bonds. The zero-order chi connectivity index (χ0) is 11.3. The summed E-state index contributed by atoms with van der Waals surface area (Å²) in [5.41, 5.74) is 0.951. The van der Waals surface area contributed by atoms with Crippen LogP contribution in [0.1, 0.15) is 18.9 Å². The van der Waals surface area contributed by atoms with Crippen LogP contribution in [0.3, 0.4) is 0 Å². The maximum atomic E-state index is 13.2. The summed E-state index contributed by atoms with van der Waals surface area (Å²) < 4.78 is 13.7. The molecule has 82 valence electrons. The summed E-state index contributed by atoms with van der Waals surface area (Å²) in [4.78, 5) is 0. The van der Waals surface area contributed by atoms with Crippen molar-refractivity contribution in [1.82, 2.24) is 5.32 Å². The van der Waals surface area contributed by atoms with Gasteiger partial charge in [0.1, 0.15) is 5.82 Å². The Morgan fingerprint density at radius 1 is 1.60 bits per heavy atom. The second-order valence-corrected chi connectivity index (χ2v) is 4.41. The van der Waals surface area contributed by atoms with Gasteiger partial charge in [0.25, 0.3) is 0 Å². The molecule has 0 radical (unpaired) electrons. The zero-order valence-corrected chi connectivity index (χ0v) is 10.3. The van der Waals surface area contributed by atoms with Gasteiger partial charge in [-0.2, -0.15) is 0 Å². The number of nitrogens with one attached hydrogen (secondary N) is 1. The Bertz CT molecular complexity index is 338. The van der Waals surface area contributed by atoms with E-state index in [1.54, 1.807) is 6.07 Å². The fraction of sp³-hybridized carbons (Fsp3) is 0.333. The number of hydrogen-bond acceptors (Lipinski definition) is 1. The van der Waals surface area contributed by atoms with Crippen LogP contribution in [0.25, 0.3) is 0 Å². The predicted octanol–water partition coefficient (Wildman–Crippen LogP) is 3.64. The number of benzene rings is 1. The van der Waals surface area contributed by atoms with E-state index >= 15 is 0 Å². The predicted molar refractivity (Wildman–Crippen MR) is 65.2 cm³/mol. The third kappa shape index (κ3) is 4.14. The molecule has 0 fully saturated rings. The summed E-state index contributed by atoms with van der Waals surface area (Å²) in [7, 11) is 0. The van der Waals surface area contributed by atoms with Crippen molar-refractivity contribution in [1.29, 1.82) is 0 Å². The molecule has 1 unspecified atom stereocenters. The Morgan fingerprint density at radius 3 is 2.93 bits per heavy atom. The van der Waals surface area contributed by atoms with E-state index < -0.39 is 0 Å². The van der Waals surface area contributed by atoms with Crippen molar-refractivity contribution in [3.8, 4) is 0 Å². The van der Waals surface area contributed by atoms with E-state index in [0.29, 0.717) is 17.1 Å². The highest BCUT2D eigenvalue weighted by Crippen LogP contribution is 2.16. The first kappa shape index (κ1) is 12.4. The maximum Gasteiger partial charge on any atom is 0.137 e. The van der Waals surface area contributed by atoms with Crippen molar-refractivity contribution in [2.45, 2.75) is 25.9 Å². The standard InChI is InChI=1S/C12H15BrFN/c1-3-4-9(2)15-8-10-5-6-11(13)12(14)7-10/h3,5-7,9,15H,1,4,8H2,2H3. The second kappa shape index (κ2) is 6.03. The lowest BCUT2D eigenvalue weighted by Gasteiger charge is -2.11. The van der Waals surface area contributed by atoms with Crippen LogP contribution < -0.4 is 5.32 Å². The van der Waals surface area contributed by atoms with Gasteiger partial charge in [-0.05, 0) is 47.0 Å². The molecule has 1 aromatic rings. The van der Waals surface area contributed by atoms with Gasteiger partial charge in [0, 0.05) is 12.6 Å². The first-order chi connectivity index (χ1) is 7.13. The Balaban J connectivity index is 2.50. The van der Waals surface area contributed by atoms with Crippen LogP contribution in [0.2, 0.25) is 0 Å². The highest BCUT2D eigenvalue weighted by atomic mass is 79.9. The topological polar surface area (TPSA) is 12.0 Å². The molecule has 15 heavy (non-hydrogen) atoms. The van der Waals surface area contributed by atoms with Gasteiger partial charge in [-0.15, -0.1) is 6.58 Å². The van der Waals surface area contributed by atoms with Crippen LogP contribution in [0, 0.1) is 5.82 Å². The van der Waals surface area contributed by atoms with Crippen LogP contribution >= 0.6 is 15.9 Å². The van der Waals surface area contributed by atoms with E-state index in [-0.39, 0.29) is 5.82 Å². The molecule has 0 aliphatic heterocycles. The van der Waals surface area contributed by atoms with Crippen molar-refractivity contribution in [3.63, 3.8) is 0 Å². The average Bonchev–Trinajstić information content (AvgIpc) is 2.20. The molecule has 0 aliphatic carbocycles. The van der Waals surface area contributed by atoms with Crippen molar-refractivity contribution in [2.24, 2.45) is 0 Å². The highest BCUT2D eigenvalue weighted by Gasteiger charge is 2.02. The molecule has 0 saturated carbocycles. The summed E-state index contributed by atoms with van der Waals surface area (Å²) >= 11 is 3.13. The summed E-state index contributed by atoms with van der Waals surface area (Å²) in [5.74, 6) is -0.217. The van der Waals surface area contributed by atoms with Crippen LogP contribution in [-0.4, -0.2) is 6.04 Å². The van der Waals surface area contributed by atoms with Crippen LogP contribution in [0.5, 0.6) is 0 Å². The second-order valence-electron chi connectivity index (χ2n) is 3.55. The van der Waals surface area contributed by atoms with Gasteiger partial charge in [-0.25, -0.2) is 4.39 Å². The van der Waals surface area contributed by atoms with Gasteiger partial charge in [-0.1, -0.05) is 12.1 Å². The van der Waals surface area contributed by atoms with Gasteiger partial charge in [-0.3, -0.25) is 0 Å². The third-order valence-corrected chi connectivity index (χ3v) is 2.80. The molecule has 1 aromatic carbocycles. The van der Waals surface area contributed by atoms with Crippen molar-refractivity contribution >= 4 is 15.9 Å². The quantitative estimate of drug-likeness (QED) is 0.807. The molecule has 0 aliphatic rings. The smallest absolute Gasteiger partial charge is 0.137 e. The number of halogens is 2. The average molecular weight is 272 g/mol. The van der Waals surface area contributed by atoms with Crippen molar-refractivity contribution in [3.05, 3.63) is 46.7 Å². The number of rotatable bonds is 5. The van der Waals surface area contributed by atoms with Gasteiger partial charge in [0.2, 0.25) is 0 Å². The van der Waals surface area contributed by atoms with Crippen LogP contribution in [-0.2, 0) is 6.54 Å². The van der Waals surface area contributed by atoms with Crippen molar-refractivity contribution in [2.75, 3.05) is 0 Å². The fourth-order valence-corrected chi connectivity index (χ4v) is 1.52. The molecule has 0 saturated heterocycles. The Kier molecular flexibility index (Phi) is 4.99. The first-order valence-corrected chi connectivity index (χ1v) is 5.71. The molecule has 0 aromatic heterocycles. The SMILES string of the molecule is C=CCC(C)NCc1ccc(Br)c(F)c1. The minimum Gasteiger partial charge on any atom is -0.310 e. The summed E-state index contributed by atoms with van der Waals surface area (Å²) in [5, 5.41) is 3.29. The minimum atomic E-state index is -0.217. The summed E-state index contributed by atoms with van der Waals surface area (Å²) in [6.07, 6.45) is 2.79. The highest BCUT2D eigenvalue weighted by molar-refractivity contribution is 9.10. The molecule has 0 bridgehead atoms. The molecule has 1 nitrogen and oxygen atoms in total. The molecule has 1 atom stereocenters. The van der Waals surface area contributed by atoms with E-state index in [4.69, 9.17) is 0 Å². The van der Waals surface area contributed by atoms with E-state index in [1.165, 1.54) is 6.07 Å². The van der Waals surface area contributed by atoms with Gasteiger partial charge >= 0.3 is 0 Å². The van der Waals surface area contributed by atoms with Crippen LogP contribution in [0.4, 0.5) is 4.39 Å². The molecule has 0 spiro atoms. The molecule has 0 heterocycles. The summed E-state index contributed by atoms with van der Waals surface area (Å²) in [6.45, 7) is 6.44. The molecule has 1 rings (SSSR count). The van der Waals surface area contributed by atoms with E-state index in [9.17, 15) is 4.39 Å². The fourth-order valence-electron chi connectivity index (χ4n) is 1.28. The zero-order valence-electron chi connectivity index (χ0n) is 8.76. The third-order valence-electron chi connectivity index (χ3n) is 2.16. The molecule has 3 heteroatoms. The minimum absolute atomic E-state index is 0.217. The normalized spacial score (nSPS) is 12.5. The lowest BCUT2D eigenvalue weighted by atomic mass is 10.2. The van der Waals surface area contributed by atoms with E-state index in [2.05, 4.69) is 34.7 Å². The van der Waals surface area contributed by atoms with Gasteiger partial charge in [0.15, 0.2) is 0 Å². The number of hydrogen-bond donors (Lipinski definition) is 1. The molecular formula is C12H15BrFN. The van der Waals surface area contributed by atoms with Crippen LogP contribution in [0.15, 0.2) is 35.3 Å². The lowest BCUT2D eigenvalue weighted by Crippen LogP contribution is -2.24. The Morgan fingerprint density at radius 2 is 2.33 bits per heavy atom. The molecule has 1 N–H and O–H groups in total. The first-order valence-electron chi connectivity index (χ1n) is 4.91. The van der Waals surface area contributed by atoms with Gasteiger partial charge < -0.3 is 5.32 Å². The van der Waals surface area contributed by atoms with Gasteiger partial charge in [0.05, 0.1) is 4.47 Å². The van der Waals surface area contributed by atoms with E-state index in [0.717, 1.165) is 12.0 Å².